The molecule has 114 valence electrons. The van der Waals surface area contributed by atoms with Gasteiger partial charge in [0.05, 0.1) is 10.9 Å². The lowest BCUT2D eigenvalue weighted by Gasteiger charge is -2.23. The summed E-state index contributed by atoms with van der Waals surface area (Å²) in [4.78, 5) is 25.0. The first-order valence-corrected chi connectivity index (χ1v) is 8.46. The van der Waals surface area contributed by atoms with Crippen molar-refractivity contribution < 1.29 is 9.59 Å². The van der Waals surface area contributed by atoms with Crippen molar-refractivity contribution in [3.8, 4) is 0 Å². The van der Waals surface area contributed by atoms with E-state index < -0.39 is 5.25 Å². The van der Waals surface area contributed by atoms with Crippen LogP contribution < -0.4 is 10.6 Å². The fourth-order valence-corrected chi connectivity index (χ4v) is 3.81. The third-order valence-electron chi connectivity index (χ3n) is 2.90. The molecule has 0 saturated carbocycles. The van der Waals surface area contributed by atoms with Gasteiger partial charge in [0, 0.05) is 16.3 Å². The van der Waals surface area contributed by atoms with Crippen molar-refractivity contribution in [2.45, 2.75) is 23.5 Å². The van der Waals surface area contributed by atoms with E-state index in [0.717, 1.165) is 9.90 Å². The SMILES string of the molecule is Cc1nnc(NC(=O)C[C@@H]2Sc3ccc(Cl)cc3NC2=O)s1. The van der Waals surface area contributed by atoms with Gasteiger partial charge in [-0.1, -0.05) is 22.9 Å². The Kier molecular flexibility index (Phi) is 4.32. The molecule has 1 atom stereocenters. The van der Waals surface area contributed by atoms with Crippen LogP contribution in [0, 0.1) is 6.92 Å². The first-order valence-electron chi connectivity index (χ1n) is 6.38. The van der Waals surface area contributed by atoms with E-state index in [1.807, 2.05) is 6.07 Å². The normalized spacial score (nSPS) is 16.8. The highest BCUT2D eigenvalue weighted by Crippen LogP contribution is 2.38. The van der Waals surface area contributed by atoms with Gasteiger partial charge in [-0.15, -0.1) is 22.0 Å². The lowest BCUT2D eigenvalue weighted by Crippen LogP contribution is -2.32. The van der Waals surface area contributed by atoms with E-state index in [2.05, 4.69) is 20.8 Å². The third kappa shape index (κ3) is 3.40. The van der Waals surface area contributed by atoms with Crippen LogP contribution >= 0.6 is 34.7 Å². The molecule has 0 fully saturated rings. The molecule has 0 aliphatic carbocycles. The van der Waals surface area contributed by atoms with E-state index in [4.69, 9.17) is 11.6 Å². The van der Waals surface area contributed by atoms with Crippen LogP contribution in [0.15, 0.2) is 23.1 Å². The Hall–Kier alpha value is -1.64. The second-order valence-electron chi connectivity index (χ2n) is 4.61. The quantitative estimate of drug-likeness (QED) is 0.885. The van der Waals surface area contributed by atoms with Gasteiger partial charge in [-0.2, -0.15) is 0 Å². The van der Waals surface area contributed by atoms with Crippen LogP contribution in [0.5, 0.6) is 0 Å². The van der Waals surface area contributed by atoms with E-state index >= 15 is 0 Å². The minimum absolute atomic E-state index is 0.0667. The number of carbonyl (C=O) groups is 2. The fraction of sp³-hybridized carbons (Fsp3) is 0.231. The summed E-state index contributed by atoms with van der Waals surface area (Å²) in [7, 11) is 0. The summed E-state index contributed by atoms with van der Waals surface area (Å²) in [5, 5.41) is 14.4. The minimum atomic E-state index is -0.484. The van der Waals surface area contributed by atoms with Gasteiger partial charge in [0.1, 0.15) is 5.01 Å². The second-order valence-corrected chi connectivity index (χ2v) is 7.48. The summed E-state index contributed by atoms with van der Waals surface area (Å²) in [5.74, 6) is -0.468. The maximum atomic E-state index is 12.1. The van der Waals surface area contributed by atoms with Crippen molar-refractivity contribution >= 4 is 57.3 Å². The van der Waals surface area contributed by atoms with Crippen molar-refractivity contribution in [1.29, 1.82) is 0 Å². The molecule has 0 saturated heterocycles. The van der Waals surface area contributed by atoms with E-state index in [0.29, 0.717) is 15.8 Å². The number of rotatable bonds is 3. The number of anilines is 2. The smallest absolute Gasteiger partial charge is 0.238 e. The fourth-order valence-electron chi connectivity index (χ4n) is 1.94. The summed E-state index contributed by atoms with van der Waals surface area (Å²) >= 11 is 8.55. The number of halogens is 1. The number of thioether (sulfide) groups is 1. The molecule has 2 amide bonds. The van der Waals surface area contributed by atoms with E-state index in [1.54, 1.807) is 19.1 Å². The van der Waals surface area contributed by atoms with Crippen LogP contribution in [-0.2, 0) is 9.59 Å². The zero-order chi connectivity index (χ0) is 15.7. The van der Waals surface area contributed by atoms with Crippen LogP contribution in [0.4, 0.5) is 10.8 Å². The van der Waals surface area contributed by atoms with Gasteiger partial charge >= 0.3 is 0 Å². The van der Waals surface area contributed by atoms with Gasteiger partial charge in [-0.05, 0) is 25.1 Å². The minimum Gasteiger partial charge on any atom is -0.324 e. The Morgan fingerprint density at radius 3 is 3.00 bits per heavy atom. The zero-order valence-electron chi connectivity index (χ0n) is 11.4. The topological polar surface area (TPSA) is 84.0 Å². The molecule has 0 unspecified atom stereocenters. The molecule has 9 heteroatoms. The highest BCUT2D eigenvalue weighted by atomic mass is 35.5. The van der Waals surface area contributed by atoms with E-state index in [1.165, 1.54) is 23.1 Å². The monoisotopic (exact) mass is 354 g/mol. The Morgan fingerprint density at radius 1 is 1.45 bits per heavy atom. The number of nitrogens with one attached hydrogen (secondary N) is 2. The van der Waals surface area contributed by atoms with Gasteiger partial charge in [0.2, 0.25) is 16.9 Å². The number of fused-ring (bicyclic) bond motifs is 1. The molecular weight excluding hydrogens is 344 g/mol. The van der Waals surface area contributed by atoms with Crippen molar-refractivity contribution in [2.24, 2.45) is 0 Å². The molecule has 2 heterocycles. The number of amides is 2. The molecule has 1 aliphatic rings. The van der Waals surface area contributed by atoms with Crippen LogP contribution in [0.1, 0.15) is 11.4 Å². The van der Waals surface area contributed by atoms with Gasteiger partial charge < -0.3 is 10.6 Å². The van der Waals surface area contributed by atoms with Crippen molar-refractivity contribution in [2.75, 3.05) is 10.6 Å². The first kappa shape index (κ1) is 15.3. The van der Waals surface area contributed by atoms with Gasteiger partial charge in [-0.25, -0.2) is 0 Å². The Bertz CT molecular complexity index is 749. The highest BCUT2D eigenvalue weighted by molar-refractivity contribution is 8.01. The third-order valence-corrected chi connectivity index (χ3v) is 5.17. The predicted octanol–water partition coefficient (Wildman–Crippen LogP) is 2.94. The molecule has 3 rings (SSSR count). The summed E-state index contributed by atoms with van der Waals surface area (Å²) in [6.45, 7) is 1.81. The lowest BCUT2D eigenvalue weighted by molar-refractivity contribution is -0.120. The molecule has 1 aromatic carbocycles. The van der Waals surface area contributed by atoms with Gasteiger partial charge in [0.25, 0.3) is 0 Å². The number of carbonyl (C=O) groups excluding carboxylic acids is 2. The molecule has 1 aromatic heterocycles. The molecule has 22 heavy (non-hydrogen) atoms. The maximum absolute atomic E-state index is 12.1. The first-order chi connectivity index (χ1) is 10.5. The maximum Gasteiger partial charge on any atom is 0.238 e. The largest absolute Gasteiger partial charge is 0.324 e. The van der Waals surface area contributed by atoms with Crippen LogP contribution in [-0.4, -0.2) is 27.3 Å². The number of aryl methyl sites for hydroxylation is 1. The van der Waals surface area contributed by atoms with Crippen LogP contribution in [0.25, 0.3) is 0 Å². The van der Waals surface area contributed by atoms with Gasteiger partial charge in [-0.3, -0.25) is 9.59 Å². The number of benzene rings is 1. The Balaban J connectivity index is 1.66. The standard InChI is InChI=1S/C13H11ClN4O2S2/c1-6-17-18-13(21-6)16-11(19)5-10-12(20)15-8-4-7(14)2-3-9(8)22-10/h2-4,10H,5H2,1H3,(H,15,20)(H,16,18,19)/t10-/m0/s1. The van der Waals surface area contributed by atoms with Crippen molar-refractivity contribution in [3.05, 3.63) is 28.2 Å². The molecule has 0 radical (unpaired) electrons. The molecular formula is C13H11ClN4O2S2. The molecule has 6 nitrogen and oxygen atoms in total. The van der Waals surface area contributed by atoms with Crippen molar-refractivity contribution in [1.82, 2.24) is 10.2 Å². The van der Waals surface area contributed by atoms with E-state index in [9.17, 15) is 9.59 Å². The van der Waals surface area contributed by atoms with Gasteiger partial charge in [0.15, 0.2) is 0 Å². The lowest BCUT2D eigenvalue weighted by atomic mass is 10.2. The number of hydrogen-bond acceptors (Lipinski definition) is 6. The zero-order valence-corrected chi connectivity index (χ0v) is 13.8. The average Bonchev–Trinajstić information content (AvgIpc) is 2.85. The summed E-state index contributed by atoms with van der Waals surface area (Å²) in [6, 6.07) is 5.29. The van der Waals surface area contributed by atoms with Crippen LogP contribution in [0.3, 0.4) is 0 Å². The predicted molar refractivity (Wildman–Crippen MR) is 87.6 cm³/mol. The van der Waals surface area contributed by atoms with Crippen molar-refractivity contribution in [3.63, 3.8) is 0 Å². The van der Waals surface area contributed by atoms with Crippen LogP contribution in [0.2, 0.25) is 5.02 Å². The average molecular weight is 355 g/mol. The van der Waals surface area contributed by atoms with E-state index in [-0.39, 0.29) is 18.2 Å². The Morgan fingerprint density at radius 2 is 2.27 bits per heavy atom. The number of nitrogens with zero attached hydrogens (tertiary/aromatic N) is 2. The molecule has 2 aromatic rings. The molecule has 2 N–H and O–H groups in total. The number of aromatic nitrogens is 2. The number of hydrogen-bond donors (Lipinski definition) is 2. The molecule has 1 aliphatic heterocycles. The molecule has 0 bridgehead atoms. The Labute approximate surface area is 139 Å². The summed E-state index contributed by atoms with van der Waals surface area (Å²) in [6.07, 6.45) is 0.0667. The summed E-state index contributed by atoms with van der Waals surface area (Å²) in [5.41, 5.74) is 0.680. The highest BCUT2D eigenvalue weighted by Gasteiger charge is 2.29. The second kappa shape index (κ2) is 6.23. The summed E-state index contributed by atoms with van der Waals surface area (Å²) < 4.78 is 0. The molecule has 0 spiro atoms.